The van der Waals surface area contributed by atoms with E-state index in [1.54, 1.807) is 12.1 Å². The molecule has 0 radical (unpaired) electrons. The summed E-state index contributed by atoms with van der Waals surface area (Å²) in [6, 6.07) is 5.50. The molecule has 0 spiro atoms. The number of halogens is 2. The minimum absolute atomic E-state index is 0.0888. The van der Waals surface area contributed by atoms with Gasteiger partial charge in [-0.25, -0.2) is 10.8 Å². The van der Waals surface area contributed by atoms with Crippen molar-refractivity contribution < 1.29 is 0 Å². The standard InChI is InChI=1S/C13H15Cl2N3/c1-13(2,3)8-6-7-9(14)4-5-10(15)11(7)17-12(8)18-16/h4-6H,16H2,1-3H3,(H,17,18). The maximum Gasteiger partial charge on any atom is 0.144 e. The third-order valence-electron chi connectivity index (χ3n) is 2.83. The van der Waals surface area contributed by atoms with Crippen molar-refractivity contribution in [2.45, 2.75) is 26.2 Å². The van der Waals surface area contributed by atoms with Crippen LogP contribution < -0.4 is 11.3 Å². The Balaban J connectivity index is 2.86. The molecule has 5 heteroatoms. The summed E-state index contributed by atoms with van der Waals surface area (Å²) in [6.07, 6.45) is 0. The lowest BCUT2D eigenvalue weighted by atomic mass is 9.86. The fourth-order valence-corrected chi connectivity index (χ4v) is 2.29. The molecule has 3 nitrogen and oxygen atoms in total. The molecule has 0 aliphatic heterocycles. The predicted octanol–water partition coefficient (Wildman–Crippen LogP) is 4.12. The van der Waals surface area contributed by atoms with Gasteiger partial charge in [0.1, 0.15) is 5.82 Å². The number of pyridine rings is 1. The van der Waals surface area contributed by atoms with E-state index in [9.17, 15) is 0 Å². The average molecular weight is 284 g/mol. The van der Waals surface area contributed by atoms with Gasteiger partial charge in [-0.2, -0.15) is 0 Å². The quantitative estimate of drug-likeness (QED) is 0.611. The zero-order valence-corrected chi connectivity index (χ0v) is 12.0. The van der Waals surface area contributed by atoms with Gasteiger partial charge < -0.3 is 5.43 Å². The van der Waals surface area contributed by atoms with Crippen LogP contribution >= 0.6 is 23.2 Å². The molecule has 0 saturated carbocycles. The van der Waals surface area contributed by atoms with E-state index in [0.29, 0.717) is 21.4 Å². The van der Waals surface area contributed by atoms with E-state index in [4.69, 9.17) is 29.0 Å². The average Bonchev–Trinajstić information content (AvgIpc) is 2.31. The van der Waals surface area contributed by atoms with E-state index < -0.39 is 0 Å². The number of hydrogen-bond acceptors (Lipinski definition) is 3. The highest BCUT2D eigenvalue weighted by molar-refractivity contribution is 6.39. The Labute approximate surface area is 116 Å². The zero-order chi connectivity index (χ0) is 13.5. The molecule has 2 rings (SSSR count). The first-order chi connectivity index (χ1) is 8.34. The van der Waals surface area contributed by atoms with E-state index in [1.165, 1.54) is 0 Å². The number of nitrogens with one attached hydrogen (secondary N) is 1. The second-order valence-electron chi connectivity index (χ2n) is 5.20. The maximum atomic E-state index is 6.20. The molecule has 3 N–H and O–H groups in total. The first-order valence-electron chi connectivity index (χ1n) is 5.60. The number of rotatable bonds is 1. The van der Waals surface area contributed by atoms with Crippen molar-refractivity contribution in [1.82, 2.24) is 4.98 Å². The van der Waals surface area contributed by atoms with Gasteiger partial charge in [-0.3, -0.25) is 0 Å². The highest BCUT2D eigenvalue weighted by Crippen LogP contribution is 2.35. The van der Waals surface area contributed by atoms with Crippen molar-refractivity contribution in [2.24, 2.45) is 5.84 Å². The smallest absolute Gasteiger partial charge is 0.144 e. The molecule has 1 aromatic heterocycles. The van der Waals surface area contributed by atoms with E-state index in [-0.39, 0.29) is 5.41 Å². The summed E-state index contributed by atoms with van der Waals surface area (Å²) < 4.78 is 0. The lowest BCUT2D eigenvalue weighted by molar-refractivity contribution is 0.590. The Bertz CT molecular complexity index is 603. The molecule has 0 saturated heterocycles. The van der Waals surface area contributed by atoms with Crippen LogP contribution in [-0.2, 0) is 5.41 Å². The lowest BCUT2D eigenvalue weighted by Crippen LogP contribution is -2.19. The molecule has 1 aromatic carbocycles. The largest absolute Gasteiger partial charge is 0.308 e. The molecule has 0 bridgehead atoms. The van der Waals surface area contributed by atoms with Gasteiger partial charge >= 0.3 is 0 Å². The van der Waals surface area contributed by atoms with Crippen molar-refractivity contribution in [3.63, 3.8) is 0 Å². The van der Waals surface area contributed by atoms with E-state index in [1.807, 2.05) is 6.07 Å². The molecule has 0 aliphatic rings. The molecule has 0 atom stereocenters. The minimum Gasteiger partial charge on any atom is -0.308 e. The number of nitrogen functional groups attached to an aromatic ring is 1. The van der Waals surface area contributed by atoms with E-state index in [0.717, 1.165) is 10.9 Å². The Morgan fingerprint density at radius 3 is 2.33 bits per heavy atom. The van der Waals surface area contributed by atoms with Crippen molar-refractivity contribution in [1.29, 1.82) is 0 Å². The van der Waals surface area contributed by atoms with E-state index >= 15 is 0 Å². The van der Waals surface area contributed by atoms with Crippen LogP contribution in [-0.4, -0.2) is 4.98 Å². The predicted molar refractivity (Wildman–Crippen MR) is 78.3 cm³/mol. The van der Waals surface area contributed by atoms with Gasteiger partial charge in [0, 0.05) is 10.9 Å². The van der Waals surface area contributed by atoms with Gasteiger partial charge in [-0.15, -0.1) is 0 Å². The molecule has 96 valence electrons. The number of benzene rings is 1. The Morgan fingerprint density at radius 1 is 1.17 bits per heavy atom. The van der Waals surface area contributed by atoms with Crippen LogP contribution in [0.4, 0.5) is 5.82 Å². The topological polar surface area (TPSA) is 50.9 Å². The number of hydrazine groups is 1. The first kappa shape index (κ1) is 13.4. The fraction of sp³-hybridized carbons (Fsp3) is 0.308. The Hall–Kier alpha value is -1.03. The number of hydrogen-bond donors (Lipinski definition) is 2. The number of nitrogens with zero attached hydrogens (tertiary/aromatic N) is 1. The summed E-state index contributed by atoms with van der Waals surface area (Å²) in [5.41, 5.74) is 4.20. The Kier molecular flexibility index (Phi) is 3.41. The summed E-state index contributed by atoms with van der Waals surface area (Å²) in [4.78, 5) is 4.47. The van der Waals surface area contributed by atoms with Gasteiger partial charge in [0.25, 0.3) is 0 Å². The summed E-state index contributed by atoms with van der Waals surface area (Å²) in [6.45, 7) is 6.28. The third kappa shape index (κ3) is 2.26. The van der Waals surface area contributed by atoms with Crippen LogP contribution in [0.1, 0.15) is 26.3 Å². The van der Waals surface area contributed by atoms with Gasteiger partial charge in [0.2, 0.25) is 0 Å². The molecule has 18 heavy (non-hydrogen) atoms. The van der Waals surface area contributed by atoms with Crippen LogP contribution in [0.25, 0.3) is 10.9 Å². The molecular weight excluding hydrogens is 269 g/mol. The van der Waals surface area contributed by atoms with Crippen molar-refractivity contribution in [2.75, 3.05) is 5.43 Å². The highest BCUT2D eigenvalue weighted by Gasteiger charge is 2.21. The summed E-state index contributed by atoms with van der Waals surface area (Å²) in [5, 5.41) is 2.04. The molecule has 0 amide bonds. The van der Waals surface area contributed by atoms with Crippen molar-refractivity contribution >= 4 is 39.9 Å². The summed E-state index contributed by atoms with van der Waals surface area (Å²) in [5.74, 6) is 6.16. The first-order valence-corrected chi connectivity index (χ1v) is 6.36. The molecule has 0 fully saturated rings. The van der Waals surface area contributed by atoms with Crippen molar-refractivity contribution in [3.05, 3.63) is 33.8 Å². The molecule has 2 aromatic rings. The second-order valence-corrected chi connectivity index (χ2v) is 6.02. The number of fused-ring (bicyclic) bond motifs is 1. The van der Waals surface area contributed by atoms with Crippen LogP contribution in [0.15, 0.2) is 18.2 Å². The molecule has 1 heterocycles. The van der Waals surface area contributed by atoms with Crippen molar-refractivity contribution in [3.8, 4) is 0 Å². The maximum absolute atomic E-state index is 6.20. The third-order valence-corrected chi connectivity index (χ3v) is 3.46. The van der Waals surface area contributed by atoms with Gasteiger partial charge in [-0.1, -0.05) is 44.0 Å². The van der Waals surface area contributed by atoms with Gasteiger partial charge in [-0.05, 0) is 23.6 Å². The van der Waals surface area contributed by atoms with Crippen LogP contribution in [0, 0.1) is 0 Å². The fourth-order valence-electron chi connectivity index (χ4n) is 1.87. The molecule has 0 unspecified atom stereocenters. The second kappa shape index (κ2) is 4.57. The van der Waals surface area contributed by atoms with Crippen LogP contribution in [0.2, 0.25) is 10.0 Å². The minimum atomic E-state index is -0.0888. The van der Waals surface area contributed by atoms with Crippen LogP contribution in [0.3, 0.4) is 0 Å². The monoisotopic (exact) mass is 283 g/mol. The zero-order valence-electron chi connectivity index (χ0n) is 10.5. The highest BCUT2D eigenvalue weighted by atomic mass is 35.5. The number of nitrogens with two attached hydrogens (primary N) is 1. The molecule has 0 aliphatic carbocycles. The summed E-state index contributed by atoms with van der Waals surface area (Å²) >= 11 is 12.3. The number of anilines is 1. The SMILES string of the molecule is CC(C)(C)c1cc2c(Cl)ccc(Cl)c2nc1NN. The lowest BCUT2D eigenvalue weighted by Gasteiger charge is -2.22. The van der Waals surface area contributed by atoms with Crippen LogP contribution in [0.5, 0.6) is 0 Å². The Morgan fingerprint density at radius 2 is 1.78 bits per heavy atom. The van der Waals surface area contributed by atoms with E-state index in [2.05, 4.69) is 31.2 Å². The normalized spacial score (nSPS) is 11.9. The van der Waals surface area contributed by atoms with Gasteiger partial charge in [0.15, 0.2) is 0 Å². The molecular formula is C13H15Cl2N3. The summed E-state index contributed by atoms with van der Waals surface area (Å²) in [7, 11) is 0. The number of aromatic nitrogens is 1. The van der Waals surface area contributed by atoms with Gasteiger partial charge in [0.05, 0.1) is 15.6 Å².